The number of nitrogens with one attached hydrogen (secondary N) is 1. The minimum Gasteiger partial charge on any atom is -0.493 e. The molecule has 1 fully saturated rings. The zero-order valence-electron chi connectivity index (χ0n) is 17.5. The predicted molar refractivity (Wildman–Crippen MR) is 118 cm³/mol. The third-order valence-electron chi connectivity index (χ3n) is 6.07. The Morgan fingerprint density at radius 1 is 0.903 bits per heavy atom. The molecule has 31 heavy (non-hydrogen) atoms. The lowest BCUT2D eigenvalue weighted by Crippen LogP contribution is -2.33. The summed E-state index contributed by atoms with van der Waals surface area (Å²) in [7, 11) is 1.64. The summed E-state index contributed by atoms with van der Waals surface area (Å²) in [5.41, 5.74) is 5.85. The number of amides is 1. The van der Waals surface area contributed by atoms with E-state index in [4.69, 9.17) is 14.2 Å². The summed E-state index contributed by atoms with van der Waals surface area (Å²) in [6.07, 6.45) is 1.75. The number of methoxy groups -OCH3 is 1. The van der Waals surface area contributed by atoms with E-state index in [0.29, 0.717) is 24.5 Å². The van der Waals surface area contributed by atoms with Crippen LogP contribution in [-0.2, 0) is 17.6 Å². The van der Waals surface area contributed by atoms with Crippen LogP contribution in [0.25, 0.3) is 0 Å². The van der Waals surface area contributed by atoms with Crippen molar-refractivity contribution < 1.29 is 19.0 Å². The molecule has 3 aromatic carbocycles. The minimum absolute atomic E-state index is 0.241. The third kappa shape index (κ3) is 3.83. The average molecular weight is 415 g/mol. The number of hydrogen-bond donors (Lipinski definition) is 1. The Balaban J connectivity index is 1.56. The van der Waals surface area contributed by atoms with Crippen LogP contribution in [0.3, 0.4) is 0 Å². The Kier molecular flexibility index (Phi) is 5.24. The van der Waals surface area contributed by atoms with E-state index in [2.05, 4.69) is 53.8 Å². The van der Waals surface area contributed by atoms with Gasteiger partial charge in [-0.3, -0.25) is 0 Å². The van der Waals surface area contributed by atoms with Crippen molar-refractivity contribution in [3.8, 4) is 11.5 Å². The van der Waals surface area contributed by atoms with Crippen molar-refractivity contribution in [1.82, 2.24) is 5.32 Å². The van der Waals surface area contributed by atoms with Gasteiger partial charge in [0, 0.05) is 24.1 Å². The van der Waals surface area contributed by atoms with Gasteiger partial charge in [0.15, 0.2) is 11.5 Å². The van der Waals surface area contributed by atoms with Gasteiger partial charge in [0.2, 0.25) is 0 Å². The first kappa shape index (κ1) is 19.5. The van der Waals surface area contributed by atoms with E-state index in [-0.39, 0.29) is 18.3 Å². The van der Waals surface area contributed by atoms with Gasteiger partial charge in [0.05, 0.1) is 7.11 Å². The second-order valence-corrected chi connectivity index (χ2v) is 7.92. The van der Waals surface area contributed by atoms with Crippen LogP contribution in [0.4, 0.5) is 4.79 Å². The summed E-state index contributed by atoms with van der Waals surface area (Å²) >= 11 is 0. The van der Waals surface area contributed by atoms with Gasteiger partial charge in [-0.15, -0.1) is 0 Å². The van der Waals surface area contributed by atoms with Gasteiger partial charge in [0.25, 0.3) is 0 Å². The van der Waals surface area contributed by atoms with Gasteiger partial charge in [-0.2, -0.15) is 0 Å². The molecular weight excluding hydrogens is 390 g/mol. The van der Waals surface area contributed by atoms with Crippen LogP contribution in [0.2, 0.25) is 0 Å². The number of ether oxygens (including phenoxy) is 3. The van der Waals surface area contributed by atoms with E-state index in [0.717, 1.165) is 18.4 Å². The molecule has 3 aromatic rings. The molecule has 0 radical (unpaired) electrons. The molecule has 1 heterocycles. The zero-order valence-corrected chi connectivity index (χ0v) is 17.5. The fourth-order valence-electron chi connectivity index (χ4n) is 4.48. The molecule has 0 spiro atoms. The summed E-state index contributed by atoms with van der Waals surface area (Å²) in [5, 5.41) is 2.70. The van der Waals surface area contributed by atoms with Crippen molar-refractivity contribution in [1.29, 1.82) is 0 Å². The second-order valence-electron chi connectivity index (χ2n) is 7.92. The van der Waals surface area contributed by atoms with Crippen LogP contribution in [0, 0.1) is 0 Å². The molecule has 0 aromatic heterocycles. The number of cyclic esters (lactones) is 1. The maximum Gasteiger partial charge on any atom is 0.407 e. The van der Waals surface area contributed by atoms with Crippen LogP contribution >= 0.6 is 0 Å². The van der Waals surface area contributed by atoms with Crippen molar-refractivity contribution in [2.24, 2.45) is 0 Å². The highest BCUT2D eigenvalue weighted by atomic mass is 16.6. The Bertz CT molecular complexity index is 1060. The van der Waals surface area contributed by atoms with E-state index in [9.17, 15) is 4.79 Å². The van der Waals surface area contributed by atoms with Gasteiger partial charge in [-0.1, -0.05) is 54.6 Å². The highest BCUT2D eigenvalue weighted by Crippen LogP contribution is 2.40. The number of rotatable bonds is 4. The lowest BCUT2D eigenvalue weighted by molar-refractivity contribution is 0.0736. The summed E-state index contributed by atoms with van der Waals surface area (Å²) in [6.45, 7) is 0.592. The second kappa shape index (κ2) is 8.34. The minimum atomic E-state index is -0.388. The SMILES string of the molecule is COc1ccc(C2CCNC(=O)O2)cc1OC1c2ccccc2CCc2ccccc21. The van der Waals surface area contributed by atoms with Gasteiger partial charge in [0.1, 0.15) is 12.2 Å². The molecule has 0 saturated carbocycles. The van der Waals surface area contributed by atoms with E-state index in [1.165, 1.54) is 22.3 Å². The molecule has 1 unspecified atom stereocenters. The van der Waals surface area contributed by atoms with Gasteiger partial charge >= 0.3 is 6.09 Å². The summed E-state index contributed by atoms with van der Waals surface area (Å²) in [4.78, 5) is 11.7. The lowest BCUT2D eigenvalue weighted by Gasteiger charge is -2.26. The molecule has 5 heteroatoms. The van der Waals surface area contributed by atoms with Gasteiger partial charge < -0.3 is 19.5 Å². The van der Waals surface area contributed by atoms with Crippen molar-refractivity contribution in [2.75, 3.05) is 13.7 Å². The van der Waals surface area contributed by atoms with Crippen molar-refractivity contribution in [2.45, 2.75) is 31.5 Å². The average Bonchev–Trinajstić information content (AvgIpc) is 2.96. The predicted octanol–water partition coefficient (Wildman–Crippen LogP) is 5.13. The highest BCUT2D eigenvalue weighted by Gasteiger charge is 2.27. The Morgan fingerprint density at radius 2 is 1.58 bits per heavy atom. The number of aryl methyl sites for hydroxylation is 2. The maximum atomic E-state index is 11.7. The molecule has 1 aliphatic carbocycles. The molecule has 1 atom stereocenters. The first-order valence-electron chi connectivity index (χ1n) is 10.7. The first-order chi connectivity index (χ1) is 15.2. The molecule has 1 amide bonds. The van der Waals surface area contributed by atoms with Gasteiger partial charge in [-0.05, 0) is 41.7 Å². The fourth-order valence-corrected chi connectivity index (χ4v) is 4.48. The lowest BCUT2D eigenvalue weighted by atomic mass is 9.97. The molecule has 0 bridgehead atoms. The van der Waals surface area contributed by atoms with Crippen LogP contribution < -0.4 is 14.8 Å². The van der Waals surface area contributed by atoms with E-state index >= 15 is 0 Å². The summed E-state index contributed by atoms with van der Waals surface area (Å²) < 4.78 is 17.8. The van der Waals surface area contributed by atoms with Crippen LogP contribution in [0.5, 0.6) is 11.5 Å². The molecule has 5 nitrogen and oxygen atoms in total. The third-order valence-corrected chi connectivity index (χ3v) is 6.07. The van der Waals surface area contributed by atoms with Crippen molar-refractivity contribution in [3.05, 3.63) is 94.5 Å². The van der Waals surface area contributed by atoms with Crippen LogP contribution in [-0.4, -0.2) is 19.7 Å². The van der Waals surface area contributed by atoms with Crippen molar-refractivity contribution in [3.63, 3.8) is 0 Å². The topological polar surface area (TPSA) is 56.8 Å². The number of benzene rings is 3. The van der Waals surface area contributed by atoms with Crippen LogP contribution in [0.15, 0.2) is 66.7 Å². The monoisotopic (exact) mass is 415 g/mol. The molecule has 5 rings (SSSR count). The summed E-state index contributed by atoms with van der Waals surface area (Å²) in [6, 6.07) is 22.7. The molecule has 158 valence electrons. The van der Waals surface area contributed by atoms with E-state index in [1.807, 2.05) is 18.2 Å². The molecule has 1 N–H and O–H groups in total. The number of carbonyl (C=O) groups excluding carboxylic acids is 1. The molecule has 1 saturated heterocycles. The highest BCUT2D eigenvalue weighted by molar-refractivity contribution is 5.68. The number of fused-ring (bicyclic) bond motifs is 2. The number of hydrogen-bond acceptors (Lipinski definition) is 4. The molecule has 2 aliphatic rings. The van der Waals surface area contributed by atoms with E-state index in [1.54, 1.807) is 7.11 Å². The first-order valence-corrected chi connectivity index (χ1v) is 10.7. The fraction of sp³-hybridized carbons (Fsp3) is 0.269. The van der Waals surface area contributed by atoms with Crippen molar-refractivity contribution >= 4 is 6.09 Å². The molecular formula is C26H25NO4. The summed E-state index contributed by atoms with van der Waals surface area (Å²) in [5.74, 6) is 1.30. The maximum absolute atomic E-state index is 11.7. The molecule has 1 aliphatic heterocycles. The Morgan fingerprint density at radius 3 is 2.23 bits per heavy atom. The van der Waals surface area contributed by atoms with E-state index < -0.39 is 0 Å². The number of carbonyl (C=O) groups is 1. The largest absolute Gasteiger partial charge is 0.493 e. The normalized spacial score (nSPS) is 18.1. The zero-order chi connectivity index (χ0) is 21.2. The number of alkyl carbamates (subject to hydrolysis) is 1. The standard InChI is InChI=1S/C26H25NO4/c1-29-23-13-12-19(22-14-15-27-26(28)31-22)16-24(23)30-25-20-8-4-2-6-17(20)10-11-18-7-3-5-9-21(18)25/h2-9,12-13,16,22,25H,10-11,14-15H2,1H3,(H,27,28). The van der Waals surface area contributed by atoms with Crippen LogP contribution in [0.1, 0.15) is 46.4 Å². The Hall–Kier alpha value is -3.47. The smallest absolute Gasteiger partial charge is 0.407 e. The Labute approximate surface area is 182 Å². The van der Waals surface area contributed by atoms with Gasteiger partial charge in [-0.25, -0.2) is 4.79 Å². The quantitative estimate of drug-likeness (QED) is 0.642.